The Balaban J connectivity index is 0.00000400. The zero-order valence-electron chi connectivity index (χ0n) is 13.1. The van der Waals surface area contributed by atoms with Crippen LogP contribution in [0.3, 0.4) is 0 Å². The van der Waals surface area contributed by atoms with Gasteiger partial charge in [0.15, 0.2) is 11.5 Å². The van der Waals surface area contributed by atoms with Gasteiger partial charge in [0.2, 0.25) is 5.91 Å². The van der Waals surface area contributed by atoms with Gasteiger partial charge >= 0.3 is 0 Å². The molecule has 0 saturated carbocycles. The Bertz CT molecular complexity index is 464. The Morgan fingerprint density at radius 2 is 1.90 bits per heavy atom. The van der Waals surface area contributed by atoms with Crippen molar-refractivity contribution in [2.24, 2.45) is 5.73 Å². The molecular weight excluding hydrogens is 292 g/mol. The van der Waals surface area contributed by atoms with Gasteiger partial charge in [0, 0.05) is 6.54 Å². The quantitative estimate of drug-likeness (QED) is 0.809. The number of methoxy groups -OCH3 is 2. The highest BCUT2D eigenvalue weighted by Gasteiger charge is 2.26. The van der Waals surface area contributed by atoms with Crippen molar-refractivity contribution in [1.29, 1.82) is 0 Å². The molecule has 120 valence electrons. The van der Waals surface area contributed by atoms with Gasteiger partial charge < -0.3 is 20.5 Å². The number of benzene rings is 1. The summed E-state index contributed by atoms with van der Waals surface area (Å²) in [6.07, 6.45) is 1.53. The summed E-state index contributed by atoms with van der Waals surface area (Å²) in [7, 11) is 3.17. The minimum atomic E-state index is -0.828. The first kappa shape index (κ1) is 19.5. The number of halogens is 1. The van der Waals surface area contributed by atoms with E-state index in [0.717, 1.165) is 12.0 Å². The van der Waals surface area contributed by atoms with Crippen molar-refractivity contribution in [3.05, 3.63) is 23.8 Å². The monoisotopic (exact) mass is 316 g/mol. The highest BCUT2D eigenvalue weighted by molar-refractivity contribution is 5.85. The van der Waals surface area contributed by atoms with E-state index in [1.165, 1.54) is 0 Å². The van der Waals surface area contributed by atoms with Crippen LogP contribution in [0.25, 0.3) is 0 Å². The van der Waals surface area contributed by atoms with E-state index in [1.54, 1.807) is 21.1 Å². The summed E-state index contributed by atoms with van der Waals surface area (Å²) in [5.41, 5.74) is 6.09. The van der Waals surface area contributed by atoms with Crippen molar-refractivity contribution < 1.29 is 14.3 Å². The first-order valence-electron chi connectivity index (χ1n) is 6.72. The van der Waals surface area contributed by atoms with Crippen molar-refractivity contribution >= 4 is 18.3 Å². The molecule has 0 aliphatic rings. The van der Waals surface area contributed by atoms with Crippen LogP contribution in [-0.4, -0.2) is 25.7 Å². The van der Waals surface area contributed by atoms with Gasteiger partial charge in [0.05, 0.1) is 19.8 Å². The van der Waals surface area contributed by atoms with Gasteiger partial charge in [-0.1, -0.05) is 19.4 Å². The molecule has 21 heavy (non-hydrogen) atoms. The Hall–Kier alpha value is -1.46. The summed E-state index contributed by atoms with van der Waals surface area (Å²) >= 11 is 0. The number of carbonyl (C=O) groups is 1. The second kappa shape index (κ2) is 8.74. The summed E-state index contributed by atoms with van der Waals surface area (Å²) in [6, 6.07) is 5.54. The van der Waals surface area contributed by atoms with Crippen LogP contribution in [0, 0.1) is 0 Å². The Kier molecular flexibility index (Phi) is 8.14. The molecule has 1 amide bonds. The molecule has 1 aromatic carbocycles. The van der Waals surface area contributed by atoms with E-state index in [2.05, 4.69) is 5.32 Å². The largest absolute Gasteiger partial charge is 0.493 e. The van der Waals surface area contributed by atoms with Gasteiger partial charge in [-0.3, -0.25) is 4.79 Å². The van der Waals surface area contributed by atoms with Crippen molar-refractivity contribution in [3.63, 3.8) is 0 Å². The second-order valence-corrected chi connectivity index (χ2v) is 5.04. The van der Waals surface area contributed by atoms with E-state index >= 15 is 0 Å². The van der Waals surface area contributed by atoms with E-state index in [0.29, 0.717) is 24.5 Å². The maximum absolute atomic E-state index is 12.0. The Morgan fingerprint density at radius 1 is 1.29 bits per heavy atom. The topological polar surface area (TPSA) is 73.6 Å². The first-order chi connectivity index (χ1) is 9.44. The molecule has 0 spiro atoms. The van der Waals surface area contributed by atoms with Crippen LogP contribution < -0.4 is 20.5 Å². The molecule has 3 N–H and O–H groups in total. The summed E-state index contributed by atoms with van der Waals surface area (Å²) in [5, 5.41) is 2.85. The third-order valence-electron chi connectivity index (χ3n) is 3.19. The lowest BCUT2D eigenvalue weighted by Gasteiger charge is -2.23. The van der Waals surface area contributed by atoms with Gasteiger partial charge in [-0.2, -0.15) is 0 Å². The molecule has 1 unspecified atom stereocenters. The van der Waals surface area contributed by atoms with Crippen molar-refractivity contribution in [2.45, 2.75) is 38.8 Å². The Morgan fingerprint density at radius 3 is 2.43 bits per heavy atom. The number of ether oxygens (including phenoxy) is 2. The van der Waals surface area contributed by atoms with Gasteiger partial charge in [-0.25, -0.2) is 0 Å². The lowest BCUT2D eigenvalue weighted by atomic mass is 9.96. The molecule has 5 nitrogen and oxygen atoms in total. The molecule has 0 saturated heterocycles. The lowest BCUT2D eigenvalue weighted by molar-refractivity contribution is -0.126. The zero-order valence-corrected chi connectivity index (χ0v) is 13.9. The highest BCUT2D eigenvalue weighted by Crippen LogP contribution is 2.27. The molecule has 0 radical (unpaired) electrons. The van der Waals surface area contributed by atoms with Crippen molar-refractivity contribution in [1.82, 2.24) is 5.32 Å². The average molecular weight is 317 g/mol. The average Bonchev–Trinajstić information content (AvgIpc) is 2.44. The van der Waals surface area contributed by atoms with Gasteiger partial charge in [-0.15, -0.1) is 12.4 Å². The smallest absolute Gasteiger partial charge is 0.240 e. The molecule has 0 aliphatic heterocycles. The number of nitrogens with one attached hydrogen (secondary N) is 1. The molecule has 0 aromatic heterocycles. The number of hydrogen-bond acceptors (Lipinski definition) is 4. The maximum Gasteiger partial charge on any atom is 0.240 e. The number of nitrogens with two attached hydrogens (primary N) is 1. The number of rotatable bonds is 7. The second-order valence-electron chi connectivity index (χ2n) is 5.04. The molecule has 1 aromatic rings. The number of carbonyl (C=O) groups excluding carboxylic acids is 1. The van der Waals surface area contributed by atoms with Crippen LogP contribution in [0.2, 0.25) is 0 Å². The molecular formula is C15H25ClN2O3. The van der Waals surface area contributed by atoms with E-state index in [-0.39, 0.29) is 18.3 Å². The lowest BCUT2D eigenvalue weighted by Crippen LogP contribution is -2.51. The fourth-order valence-electron chi connectivity index (χ4n) is 2.01. The standard InChI is InChI=1S/C15H24N2O3.ClH/c1-5-8-15(2,16)14(18)17-10-11-6-7-12(19-3)13(9-11)20-4;/h6-7,9H,5,8,10,16H2,1-4H3,(H,17,18);1H. The van der Waals surface area contributed by atoms with Gasteiger partial charge in [0.25, 0.3) is 0 Å². The molecule has 1 rings (SSSR count). The van der Waals surface area contributed by atoms with Crippen LogP contribution in [0.1, 0.15) is 32.3 Å². The Labute approximate surface area is 132 Å². The predicted octanol–water partition coefficient (Wildman–Crippen LogP) is 2.26. The maximum atomic E-state index is 12.0. The van der Waals surface area contributed by atoms with Crippen LogP contribution in [0.5, 0.6) is 11.5 Å². The van der Waals surface area contributed by atoms with Crippen LogP contribution >= 0.6 is 12.4 Å². The normalized spacial score (nSPS) is 12.8. The predicted molar refractivity (Wildman–Crippen MR) is 86.1 cm³/mol. The minimum Gasteiger partial charge on any atom is -0.493 e. The molecule has 0 bridgehead atoms. The number of amides is 1. The summed E-state index contributed by atoms with van der Waals surface area (Å²) < 4.78 is 10.4. The van der Waals surface area contributed by atoms with E-state index < -0.39 is 5.54 Å². The highest BCUT2D eigenvalue weighted by atomic mass is 35.5. The molecule has 6 heteroatoms. The van der Waals surface area contributed by atoms with Crippen LogP contribution in [0.15, 0.2) is 18.2 Å². The van der Waals surface area contributed by atoms with Gasteiger partial charge in [0.1, 0.15) is 0 Å². The SMILES string of the molecule is CCCC(C)(N)C(=O)NCc1ccc(OC)c(OC)c1.Cl. The van der Waals surface area contributed by atoms with Crippen molar-refractivity contribution in [2.75, 3.05) is 14.2 Å². The molecule has 0 heterocycles. The molecule has 0 aliphatic carbocycles. The van der Waals surface area contributed by atoms with E-state index in [9.17, 15) is 4.79 Å². The summed E-state index contributed by atoms with van der Waals surface area (Å²) in [4.78, 5) is 12.0. The number of hydrogen-bond donors (Lipinski definition) is 2. The molecule has 0 fully saturated rings. The van der Waals surface area contributed by atoms with Gasteiger partial charge in [-0.05, 0) is 31.0 Å². The first-order valence-corrected chi connectivity index (χ1v) is 6.72. The zero-order chi connectivity index (χ0) is 15.2. The summed E-state index contributed by atoms with van der Waals surface area (Å²) in [5.74, 6) is 1.16. The van der Waals surface area contributed by atoms with E-state index in [4.69, 9.17) is 15.2 Å². The fraction of sp³-hybridized carbons (Fsp3) is 0.533. The minimum absolute atomic E-state index is 0. The third-order valence-corrected chi connectivity index (χ3v) is 3.19. The summed E-state index contributed by atoms with van der Waals surface area (Å²) in [6.45, 7) is 4.17. The van der Waals surface area contributed by atoms with Crippen LogP contribution in [-0.2, 0) is 11.3 Å². The molecule has 1 atom stereocenters. The third kappa shape index (κ3) is 5.44. The van der Waals surface area contributed by atoms with Crippen molar-refractivity contribution in [3.8, 4) is 11.5 Å². The van der Waals surface area contributed by atoms with E-state index in [1.807, 2.05) is 25.1 Å². The van der Waals surface area contributed by atoms with Crippen LogP contribution in [0.4, 0.5) is 0 Å². The fourth-order valence-corrected chi connectivity index (χ4v) is 2.01.